The average Bonchev–Trinajstić information content (AvgIpc) is 2.72. The van der Waals surface area contributed by atoms with Crippen molar-refractivity contribution in [3.63, 3.8) is 0 Å². The molecule has 0 bridgehead atoms. The lowest BCUT2D eigenvalue weighted by Crippen LogP contribution is -2.28. The molecule has 1 fully saturated rings. The predicted molar refractivity (Wildman–Crippen MR) is 64.8 cm³/mol. The number of imidazole rings is 1. The van der Waals surface area contributed by atoms with Crippen molar-refractivity contribution in [3.8, 4) is 0 Å². The molecule has 3 heteroatoms. The van der Waals surface area contributed by atoms with Crippen LogP contribution < -0.4 is 5.32 Å². The standard InChI is InChI=1S/C13H17N3/c1-10-13-7-11(4-6-16(13)9-15-10)12-3-2-5-14-8-12/h4,6-7,9,12,14H,2-3,5,8H2,1H3. The number of piperidine rings is 1. The molecule has 0 saturated carbocycles. The third-order valence-corrected chi connectivity index (χ3v) is 3.52. The van der Waals surface area contributed by atoms with Gasteiger partial charge in [-0.25, -0.2) is 4.98 Å². The van der Waals surface area contributed by atoms with E-state index >= 15 is 0 Å². The van der Waals surface area contributed by atoms with Crippen LogP contribution in [-0.4, -0.2) is 22.5 Å². The second-order valence-corrected chi connectivity index (χ2v) is 4.63. The summed E-state index contributed by atoms with van der Waals surface area (Å²) < 4.78 is 2.09. The largest absolute Gasteiger partial charge is 0.316 e. The molecule has 0 amide bonds. The molecule has 1 unspecified atom stereocenters. The molecule has 1 saturated heterocycles. The summed E-state index contributed by atoms with van der Waals surface area (Å²) in [6.45, 7) is 4.35. The molecule has 0 aliphatic carbocycles. The van der Waals surface area contributed by atoms with Crippen LogP contribution in [0, 0.1) is 6.92 Å². The Hall–Kier alpha value is -1.35. The zero-order chi connectivity index (χ0) is 11.0. The van der Waals surface area contributed by atoms with E-state index in [1.807, 2.05) is 6.33 Å². The van der Waals surface area contributed by atoms with E-state index in [1.54, 1.807) is 0 Å². The van der Waals surface area contributed by atoms with E-state index < -0.39 is 0 Å². The van der Waals surface area contributed by atoms with Crippen LogP contribution in [0.1, 0.15) is 30.0 Å². The van der Waals surface area contributed by atoms with Gasteiger partial charge >= 0.3 is 0 Å². The van der Waals surface area contributed by atoms with Crippen LogP contribution in [0.5, 0.6) is 0 Å². The van der Waals surface area contributed by atoms with Crippen LogP contribution in [-0.2, 0) is 0 Å². The second kappa shape index (κ2) is 3.91. The highest BCUT2D eigenvalue weighted by molar-refractivity contribution is 5.53. The van der Waals surface area contributed by atoms with E-state index in [9.17, 15) is 0 Å². The zero-order valence-electron chi connectivity index (χ0n) is 9.61. The second-order valence-electron chi connectivity index (χ2n) is 4.63. The number of hydrogen-bond donors (Lipinski definition) is 1. The Labute approximate surface area is 95.5 Å². The van der Waals surface area contributed by atoms with Crippen LogP contribution in [0.15, 0.2) is 24.7 Å². The fraction of sp³-hybridized carbons (Fsp3) is 0.462. The summed E-state index contributed by atoms with van der Waals surface area (Å²) in [5.74, 6) is 0.674. The molecule has 0 radical (unpaired) electrons. The predicted octanol–water partition coefficient (Wildman–Crippen LogP) is 2.11. The molecule has 3 heterocycles. The first-order chi connectivity index (χ1) is 7.84. The van der Waals surface area contributed by atoms with Crippen LogP contribution in [0.25, 0.3) is 5.52 Å². The van der Waals surface area contributed by atoms with Gasteiger partial charge in [-0.1, -0.05) is 0 Å². The normalized spacial score (nSPS) is 21.4. The van der Waals surface area contributed by atoms with Crippen molar-refractivity contribution in [2.45, 2.75) is 25.7 Å². The molecule has 0 aromatic carbocycles. The number of rotatable bonds is 1. The SMILES string of the molecule is Cc1ncn2ccc(C3CCCNC3)cc12. The molecule has 16 heavy (non-hydrogen) atoms. The van der Waals surface area contributed by atoms with Gasteiger partial charge in [0.2, 0.25) is 0 Å². The van der Waals surface area contributed by atoms with Gasteiger partial charge in [0.05, 0.1) is 17.5 Å². The van der Waals surface area contributed by atoms with Crippen molar-refractivity contribution in [1.29, 1.82) is 0 Å². The quantitative estimate of drug-likeness (QED) is 0.789. The minimum atomic E-state index is 0.674. The van der Waals surface area contributed by atoms with E-state index in [0.717, 1.165) is 12.2 Å². The average molecular weight is 215 g/mol. The van der Waals surface area contributed by atoms with Gasteiger partial charge in [0.25, 0.3) is 0 Å². The highest BCUT2D eigenvalue weighted by Gasteiger charge is 2.15. The van der Waals surface area contributed by atoms with Gasteiger partial charge in [0, 0.05) is 12.7 Å². The first kappa shape index (κ1) is 9.85. The van der Waals surface area contributed by atoms with Crippen molar-refractivity contribution < 1.29 is 0 Å². The smallest absolute Gasteiger partial charge is 0.0995 e. The Balaban J connectivity index is 1.99. The van der Waals surface area contributed by atoms with Crippen LogP contribution in [0.3, 0.4) is 0 Å². The van der Waals surface area contributed by atoms with Crippen molar-refractivity contribution in [2.24, 2.45) is 0 Å². The molecule has 2 aromatic rings. The molecule has 1 aliphatic rings. The van der Waals surface area contributed by atoms with Crippen LogP contribution in [0.2, 0.25) is 0 Å². The molecule has 0 spiro atoms. The van der Waals surface area contributed by atoms with Crippen LogP contribution >= 0.6 is 0 Å². The van der Waals surface area contributed by atoms with Crippen LogP contribution in [0.4, 0.5) is 0 Å². The van der Waals surface area contributed by atoms with Crippen molar-refractivity contribution in [1.82, 2.24) is 14.7 Å². The lowest BCUT2D eigenvalue weighted by molar-refractivity contribution is 0.461. The Morgan fingerprint density at radius 2 is 2.44 bits per heavy atom. The molecule has 3 nitrogen and oxygen atoms in total. The summed E-state index contributed by atoms with van der Waals surface area (Å²) in [5, 5.41) is 3.47. The molecule has 3 rings (SSSR count). The minimum Gasteiger partial charge on any atom is -0.316 e. The third kappa shape index (κ3) is 1.61. The Kier molecular flexibility index (Phi) is 2.40. The molecule has 1 atom stereocenters. The van der Waals surface area contributed by atoms with E-state index in [1.165, 1.54) is 30.5 Å². The van der Waals surface area contributed by atoms with Gasteiger partial charge in [-0.05, 0) is 49.9 Å². The summed E-state index contributed by atoms with van der Waals surface area (Å²) in [7, 11) is 0. The number of fused-ring (bicyclic) bond motifs is 1. The van der Waals surface area contributed by atoms with Crippen molar-refractivity contribution >= 4 is 5.52 Å². The lowest BCUT2D eigenvalue weighted by Gasteiger charge is -2.23. The summed E-state index contributed by atoms with van der Waals surface area (Å²) >= 11 is 0. The third-order valence-electron chi connectivity index (χ3n) is 3.52. The monoisotopic (exact) mass is 215 g/mol. The molecule has 1 aliphatic heterocycles. The summed E-state index contributed by atoms with van der Waals surface area (Å²) in [6, 6.07) is 4.52. The number of nitrogens with zero attached hydrogens (tertiary/aromatic N) is 2. The summed E-state index contributed by atoms with van der Waals surface area (Å²) in [4.78, 5) is 4.33. The number of hydrogen-bond acceptors (Lipinski definition) is 2. The van der Waals surface area contributed by atoms with E-state index in [4.69, 9.17) is 0 Å². The van der Waals surface area contributed by atoms with E-state index in [0.29, 0.717) is 5.92 Å². The molecule has 1 N–H and O–H groups in total. The summed E-state index contributed by atoms with van der Waals surface area (Å²) in [6.07, 6.45) is 6.59. The van der Waals surface area contributed by atoms with Gasteiger partial charge in [-0.3, -0.25) is 0 Å². The Morgan fingerprint density at radius 1 is 1.50 bits per heavy atom. The van der Waals surface area contributed by atoms with Gasteiger partial charge in [-0.15, -0.1) is 0 Å². The Bertz CT molecular complexity index is 495. The molecule has 84 valence electrons. The fourth-order valence-electron chi connectivity index (χ4n) is 2.52. The maximum atomic E-state index is 4.33. The fourth-order valence-corrected chi connectivity index (χ4v) is 2.52. The zero-order valence-corrected chi connectivity index (χ0v) is 9.61. The van der Waals surface area contributed by atoms with Crippen molar-refractivity contribution in [2.75, 3.05) is 13.1 Å². The summed E-state index contributed by atoms with van der Waals surface area (Å²) in [5.41, 5.74) is 3.80. The highest BCUT2D eigenvalue weighted by atomic mass is 15.0. The first-order valence-electron chi connectivity index (χ1n) is 5.98. The van der Waals surface area contributed by atoms with Gasteiger partial charge in [0.1, 0.15) is 0 Å². The number of aromatic nitrogens is 2. The Morgan fingerprint density at radius 3 is 3.25 bits per heavy atom. The van der Waals surface area contributed by atoms with E-state index in [-0.39, 0.29) is 0 Å². The van der Waals surface area contributed by atoms with Gasteiger partial charge in [0.15, 0.2) is 0 Å². The van der Waals surface area contributed by atoms with Gasteiger partial charge in [-0.2, -0.15) is 0 Å². The lowest BCUT2D eigenvalue weighted by atomic mass is 9.92. The maximum Gasteiger partial charge on any atom is 0.0995 e. The first-order valence-corrected chi connectivity index (χ1v) is 5.98. The molecule has 2 aromatic heterocycles. The molecular formula is C13H17N3. The number of aryl methyl sites for hydroxylation is 1. The maximum absolute atomic E-state index is 4.33. The minimum absolute atomic E-state index is 0.674. The topological polar surface area (TPSA) is 29.3 Å². The van der Waals surface area contributed by atoms with Gasteiger partial charge < -0.3 is 9.72 Å². The molecular weight excluding hydrogens is 198 g/mol. The van der Waals surface area contributed by atoms with E-state index in [2.05, 4.69) is 40.0 Å². The highest BCUT2D eigenvalue weighted by Crippen LogP contribution is 2.24. The number of nitrogens with one attached hydrogen (secondary N) is 1. The number of pyridine rings is 1. The van der Waals surface area contributed by atoms with Crippen molar-refractivity contribution in [3.05, 3.63) is 35.9 Å².